The van der Waals surface area contributed by atoms with Gasteiger partial charge < -0.3 is 19.9 Å². The van der Waals surface area contributed by atoms with E-state index in [0.717, 1.165) is 30.7 Å². The van der Waals surface area contributed by atoms with Gasteiger partial charge in [0.05, 0.1) is 20.6 Å². The van der Waals surface area contributed by atoms with E-state index in [9.17, 15) is 5.21 Å². The van der Waals surface area contributed by atoms with Gasteiger partial charge in [-0.2, -0.15) is 0 Å². The molecule has 0 heterocycles. The molecule has 224 valence electrons. The van der Waals surface area contributed by atoms with Crippen molar-refractivity contribution in [2.75, 3.05) is 47.9 Å². The molecule has 4 atom stereocenters. The molecule has 0 aromatic rings. The lowest BCUT2D eigenvalue weighted by molar-refractivity contribution is -0.843. The van der Waals surface area contributed by atoms with Crippen LogP contribution >= 0.6 is 0 Å². The molecule has 36 heavy (non-hydrogen) atoms. The van der Waals surface area contributed by atoms with Crippen LogP contribution in [-0.2, 0) is 0 Å². The topological polar surface area (TPSA) is 87.0 Å². The molecule has 4 unspecified atom stereocenters. The highest BCUT2D eigenvalue weighted by Crippen LogP contribution is 2.25. The van der Waals surface area contributed by atoms with Crippen LogP contribution in [0.15, 0.2) is 0 Å². The molecular weight excluding hydrogens is 452 g/mol. The maximum absolute atomic E-state index is 11.7. The predicted octanol–water partition coefficient (Wildman–Crippen LogP) is 8.39. The molecule has 0 saturated heterocycles. The van der Waals surface area contributed by atoms with Gasteiger partial charge in [-0.05, 0) is 58.0 Å². The third kappa shape index (κ3) is 33.8. The largest absolute Gasteiger partial charge is 0.633 e. The maximum Gasteiger partial charge on any atom is 0.0808 e. The Bertz CT molecular complexity index is 390. The van der Waals surface area contributed by atoms with Crippen LogP contribution < -0.4 is 0 Å². The van der Waals surface area contributed by atoms with Gasteiger partial charge in [-0.25, -0.2) is 0 Å². The van der Waals surface area contributed by atoms with Crippen molar-refractivity contribution < 1.29 is 20.3 Å². The van der Waals surface area contributed by atoms with Crippen molar-refractivity contribution in [3.05, 3.63) is 5.21 Å². The van der Waals surface area contributed by atoms with Gasteiger partial charge in [-0.1, -0.05) is 99.3 Å². The second-order valence-corrected chi connectivity index (χ2v) is 11.2. The van der Waals surface area contributed by atoms with Gasteiger partial charge in [0.2, 0.25) is 0 Å². The lowest BCUT2D eigenvalue weighted by atomic mass is 9.87. The van der Waals surface area contributed by atoms with Crippen molar-refractivity contribution in [3.8, 4) is 0 Å². The molecule has 0 fully saturated rings. The number of hydrogen-bond acceptors (Lipinski definition) is 5. The van der Waals surface area contributed by atoms with Crippen molar-refractivity contribution in [1.29, 1.82) is 0 Å². The maximum atomic E-state index is 11.7. The normalized spacial score (nSPS) is 14.3. The van der Waals surface area contributed by atoms with Crippen LogP contribution in [0.1, 0.15) is 126 Å². The van der Waals surface area contributed by atoms with E-state index in [4.69, 9.17) is 15.6 Å². The molecule has 0 aromatic heterocycles. The summed E-state index contributed by atoms with van der Waals surface area (Å²) in [6.45, 7) is 17.7. The van der Waals surface area contributed by atoms with Crippen LogP contribution in [0.3, 0.4) is 0 Å². The summed E-state index contributed by atoms with van der Waals surface area (Å²) < 4.78 is -0.136. The van der Waals surface area contributed by atoms with Crippen LogP contribution in [0.5, 0.6) is 0 Å². The van der Waals surface area contributed by atoms with E-state index in [2.05, 4.69) is 60.5 Å². The second-order valence-electron chi connectivity index (χ2n) is 11.2. The standard InChI is InChI=1S/C14H31NO.C14H31N.C2H6O.H2O2/c1-6-9-10-13(7-2)11-14(8-3)12-15(4,5)16;1-6-9-10-13(7-2)11-14(8-3)12-15(4)5;1-2-3;1-2/h13-14H,6-12H2,1-5H3;13-14H,6-12H2,1-5H3;3H,2H2,1H3;1-2H. The molecule has 0 aliphatic heterocycles. The second kappa shape index (κ2) is 31.0. The summed E-state index contributed by atoms with van der Waals surface area (Å²) in [7, 11) is 7.90. The quantitative estimate of drug-likeness (QED) is 0.0955. The van der Waals surface area contributed by atoms with Gasteiger partial charge in [0.1, 0.15) is 0 Å². The third-order valence-electron chi connectivity index (χ3n) is 6.90. The summed E-state index contributed by atoms with van der Waals surface area (Å²) >= 11 is 0. The molecule has 3 N–H and O–H groups in total. The van der Waals surface area contributed by atoms with Crippen LogP contribution in [0.25, 0.3) is 0 Å². The number of hydroxylamine groups is 3. The van der Waals surface area contributed by atoms with E-state index in [0.29, 0.717) is 5.92 Å². The molecule has 6 nitrogen and oxygen atoms in total. The Hall–Kier alpha value is -0.240. The Labute approximate surface area is 227 Å². The summed E-state index contributed by atoms with van der Waals surface area (Å²) in [5.41, 5.74) is 0. The minimum atomic E-state index is -0.136. The van der Waals surface area contributed by atoms with Gasteiger partial charge in [0.15, 0.2) is 0 Å². The molecule has 0 saturated carbocycles. The lowest BCUT2D eigenvalue weighted by Gasteiger charge is -2.37. The van der Waals surface area contributed by atoms with E-state index >= 15 is 0 Å². The van der Waals surface area contributed by atoms with Crippen LogP contribution in [-0.4, -0.2) is 73.1 Å². The van der Waals surface area contributed by atoms with Crippen molar-refractivity contribution in [2.45, 2.75) is 126 Å². The van der Waals surface area contributed by atoms with Crippen molar-refractivity contribution in [1.82, 2.24) is 4.90 Å². The fraction of sp³-hybridized carbons (Fsp3) is 1.00. The smallest absolute Gasteiger partial charge is 0.0808 e. The highest BCUT2D eigenvalue weighted by atomic mass is 17.0. The highest BCUT2D eigenvalue weighted by Gasteiger charge is 2.18. The minimum Gasteiger partial charge on any atom is -0.633 e. The molecule has 0 aromatic carbocycles. The number of quaternary nitrogens is 1. The fourth-order valence-corrected chi connectivity index (χ4v) is 4.78. The fourth-order valence-electron chi connectivity index (χ4n) is 4.78. The van der Waals surface area contributed by atoms with Crippen LogP contribution in [0, 0.1) is 28.9 Å². The third-order valence-corrected chi connectivity index (χ3v) is 6.90. The first kappa shape index (κ1) is 42.8. The average Bonchev–Trinajstić information content (AvgIpc) is 2.84. The summed E-state index contributed by atoms with van der Waals surface area (Å²) in [6.07, 6.45) is 16.0. The molecule has 0 amide bonds. The zero-order chi connectivity index (χ0) is 29.0. The van der Waals surface area contributed by atoms with E-state index in [1.54, 1.807) is 21.0 Å². The molecule has 0 spiro atoms. The van der Waals surface area contributed by atoms with Crippen molar-refractivity contribution >= 4 is 0 Å². The summed E-state index contributed by atoms with van der Waals surface area (Å²) in [5.74, 6) is 3.31. The van der Waals surface area contributed by atoms with Crippen LogP contribution in [0.2, 0.25) is 0 Å². The summed E-state index contributed by atoms with van der Waals surface area (Å²) in [6, 6.07) is 0. The van der Waals surface area contributed by atoms with Gasteiger partial charge >= 0.3 is 0 Å². The molecule has 6 heteroatoms. The molecule has 0 aliphatic rings. The van der Waals surface area contributed by atoms with Crippen molar-refractivity contribution in [3.63, 3.8) is 0 Å². The van der Waals surface area contributed by atoms with E-state index < -0.39 is 0 Å². The minimum absolute atomic E-state index is 0.136. The Morgan fingerprint density at radius 2 is 1.00 bits per heavy atom. The SMILES string of the molecule is CCCCC(CC)CC(CC)CN(C)C.CCCCC(CC)CC(CC)C[N+](C)(C)[O-].CCO.OO. The zero-order valence-electron chi connectivity index (χ0n) is 26.6. The number of unbranched alkanes of at least 4 members (excludes halogenated alkanes) is 2. The molecule has 0 bridgehead atoms. The average molecular weight is 523 g/mol. The first-order chi connectivity index (χ1) is 17.0. The number of aliphatic hydroxyl groups excluding tert-OH is 1. The van der Waals surface area contributed by atoms with E-state index in [-0.39, 0.29) is 11.3 Å². The zero-order valence-corrected chi connectivity index (χ0v) is 26.6. The molecular formula is C30H70N2O4. The van der Waals surface area contributed by atoms with E-state index in [1.807, 2.05) is 0 Å². The Kier molecular flexibility index (Phi) is 36.9. The van der Waals surface area contributed by atoms with Gasteiger partial charge in [0.25, 0.3) is 0 Å². The molecule has 0 rings (SSSR count). The van der Waals surface area contributed by atoms with Gasteiger partial charge in [-0.3, -0.25) is 10.5 Å². The Balaban J connectivity index is -0.000000241. The number of hydrogen-bond donors (Lipinski definition) is 3. The predicted molar refractivity (Wildman–Crippen MR) is 160 cm³/mol. The van der Waals surface area contributed by atoms with Crippen molar-refractivity contribution in [2.24, 2.45) is 23.7 Å². The first-order valence-corrected chi connectivity index (χ1v) is 15.0. The lowest BCUT2D eigenvalue weighted by Crippen LogP contribution is -2.37. The molecule has 0 radical (unpaired) electrons. The van der Waals surface area contributed by atoms with Gasteiger partial charge in [-0.15, -0.1) is 0 Å². The summed E-state index contributed by atoms with van der Waals surface area (Å²) in [5, 5.41) is 31.3. The Morgan fingerprint density at radius 1 is 0.667 bits per heavy atom. The highest BCUT2D eigenvalue weighted by molar-refractivity contribution is 4.67. The Morgan fingerprint density at radius 3 is 1.25 bits per heavy atom. The summed E-state index contributed by atoms with van der Waals surface area (Å²) in [4.78, 5) is 2.33. The van der Waals surface area contributed by atoms with Gasteiger partial charge in [0, 0.05) is 19.1 Å². The number of rotatable bonds is 18. The first-order valence-electron chi connectivity index (χ1n) is 15.0. The van der Waals surface area contributed by atoms with E-state index in [1.165, 1.54) is 77.2 Å². The van der Waals surface area contributed by atoms with Crippen LogP contribution in [0.4, 0.5) is 0 Å². The number of aliphatic hydroxyl groups is 1. The monoisotopic (exact) mass is 523 g/mol. The molecule has 0 aliphatic carbocycles. The number of nitrogens with zero attached hydrogens (tertiary/aromatic N) is 2.